The van der Waals surface area contributed by atoms with E-state index in [0.29, 0.717) is 5.56 Å². The molecular weight excluding hydrogens is 189 g/mol. The molecule has 76 valence electrons. The molecule has 14 heavy (non-hydrogen) atoms. The van der Waals surface area contributed by atoms with Gasteiger partial charge in [-0.3, -0.25) is 0 Å². The zero-order valence-corrected chi connectivity index (χ0v) is 7.86. The maximum absolute atomic E-state index is 12.7. The summed E-state index contributed by atoms with van der Waals surface area (Å²) >= 11 is 0. The van der Waals surface area contributed by atoms with Crippen molar-refractivity contribution < 1.29 is 13.2 Å². The van der Waals surface area contributed by atoms with E-state index in [9.17, 15) is 13.2 Å². The molecule has 1 fully saturated rings. The molecule has 2 rings (SSSR count). The average Bonchev–Trinajstić information content (AvgIpc) is 2.82. The maximum atomic E-state index is 12.7. The van der Waals surface area contributed by atoms with Crippen molar-refractivity contribution >= 4 is 0 Å². The molecule has 0 spiro atoms. The lowest BCUT2D eigenvalue weighted by Crippen LogP contribution is -2.28. The summed E-state index contributed by atoms with van der Waals surface area (Å²) in [4.78, 5) is 0. The van der Waals surface area contributed by atoms with Crippen LogP contribution in [0.3, 0.4) is 0 Å². The highest BCUT2D eigenvalue weighted by Crippen LogP contribution is 2.58. The minimum atomic E-state index is -4.10. The molecule has 0 atom stereocenters. The normalized spacial score (nSPS) is 19.4. The number of hydrogen-bond acceptors (Lipinski definition) is 0. The standard InChI is InChI=1S/C11H11F3/c1-8-3-2-4-9(7-8)10(5-6-10)11(12,13)14/h2-4,7H,5-6H2,1H3. The lowest BCUT2D eigenvalue weighted by Gasteiger charge is -2.19. The predicted molar refractivity (Wildman–Crippen MR) is 48.1 cm³/mol. The lowest BCUT2D eigenvalue weighted by atomic mass is 9.94. The van der Waals surface area contributed by atoms with Gasteiger partial charge < -0.3 is 0 Å². The maximum Gasteiger partial charge on any atom is 0.398 e. The first-order valence-corrected chi connectivity index (χ1v) is 4.60. The van der Waals surface area contributed by atoms with Crippen molar-refractivity contribution in [2.24, 2.45) is 0 Å². The van der Waals surface area contributed by atoms with Crippen molar-refractivity contribution in [3.05, 3.63) is 35.4 Å². The van der Waals surface area contributed by atoms with Gasteiger partial charge in [0.25, 0.3) is 0 Å². The van der Waals surface area contributed by atoms with Crippen LogP contribution in [-0.4, -0.2) is 6.18 Å². The second kappa shape index (κ2) is 2.75. The molecule has 0 unspecified atom stereocenters. The number of benzene rings is 1. The molecule has 1 aromatic carbocycles. The van der Waals surface area contributed by atoms with Crippen LogP contribution >= 0.6 is 0 Å². The molecule has 0 aromatic heterocycles. The van der Waals surface area contributed by atoms with Gasteiger partial charge >= 0.3 is 6.18 Å². The molecule has 0 N–H and O–H groups in total. The van der Waals surface area contributed by atoms with E-state index in [1.807, 2.05) is 13.0 Å². The van der Waals surface area contributed by atoms with E-state index in [-0.39, 0.29) is 12.8 Å². The summed E-state index contributed by atoms with van der Waals surface area (Å²) in [7, 11) is 0. The highest BCUT2D eigenvalue weighted by Gasteiger charge is 2.64. The molecule has 1 aliphatic rings. The molecule has 3 heteroatoms. The number of rotatable bonds is 1. The fraction of sp³-hybridized carbons (Fsp3) is 0.455. The molecule has 0 bridgehead atoms. The molecule has 1 aromatic rings. The van der Waals surface area contributed by atoms with Crippen molar-refractivity contribution in [3.8, 4) is 0 Å². The number of alkyl halides is 3. The quantitative estimate of drug-likeness (QED) is 0.649. The third-order valence-electron chi connectivity index (χ3n) is 2.86. The Hall–Kier alpha value is -0.990. The fourth-order valence-electron chi connectivity index (χ4n) is 1.80. The minimum Gasteiger partial charge on any atom is -0.170 e. The van der Waals surface area contributed by atoms with E-state index in [4.69, 9.17) is 0 Å². The second-order valence-corrected chi connectivity index (χ2v) is 3.95. The third kappa shape index (κ3) is 1.31. The first-order chi connectivity index (χ1) is 6.46. The van der Waals surface area contributed by atoms with Gasteiger partial charge in [-0.2, -0.15) is 13.2 Å². The topological polar surface area (TPSA) is 0 Å². The van der Waals surface area contributed by atoms with Crippen LogP contribution in [0.2, 0.25) is 0 Å². The molecule has 0 heterocycles. The van der Waals surface area contributed by atoms with Crippen LogP contribution in [0.4, 0.5) is 13.2 Å². The molecule has 1 saturated carbocycles. The summed E-state index contributed by atoms with van der Waals surface area (Å²) in [6.45, 7) is 1.82. The zero-order chi connectivity index (χ0) is 10.4. The Morgan fingerprint density at radius 1 is 1.21 bits per heavy atom. The van der Waals surface area contributed by atoms with Crippen LogP contribution in [0.1, 0.15) is 24.0 Å². The molecule has 0 radical (unpaired) electrons. The van der Waals surface area contributed by atoms with Crippen LogP contribution in [0.15, 0.2) is 24.3 Å². The molecule has 0 saturated heterocycles. The second-order valence-electron chi connectivity index (χ2n) is 3.95. The fourth-order valence-corrected chi connectivity index (χ4v) is 1.80. The van der Waals surface area contributed by atoms with Gasteiger partial charge in [0.2, 0.25) is 0 Å². The zero-order valence-electron chi connectivity index (χ0n) is 7.86. The summed E-state index contributed by atoms with van der Waals surface area (Å²) in [5.74, 6) is 0. The Kier molecular flexibility index (Phi) is 1.88. The van der Waals surface area contributed by atoms with Crippen LogP contribution in [0.25, 0.3) is 0 Å². The number of hydrogen-bond donors (Lipinski definition) is 0. The van der Waals surface area contributed by atoms with Gasteiger partial charge in [0.1, 0.15) is 0 Å². The first-order valence-electron chi connectivity index (χ1n) is 4.60. The van der Waals surface area contributed by atoms with Crippen LogP contribution in [0, 0.1) is 6.92 Å². The predicted octanol–water partition coefficient (Wildman–Crippen LogP) is 3.59. The highest BCUT2D eigenvalue weighted by atomic mass is 19.4. The monoisotopic (exact) mass is 200 g/mol. The average molecular weight is 200 g/mol. The van der Waals surface area contributed by atoms with E-state index < -0.39 is 11.6 Å². The summed E-state index contributed by atoms with van der Waals surface area (Å²) in [5.41, 5.74) is -0.220. The molecule has 0 nitrogen and oxygen atoms in total. The lowest BCUT2D eigenvalue weighted by molar-refractivity contribution is -0.160. The van der Waals surface area contributed by atoms with Gasteiger partial charge in [0.05, 0.1) is 5.41 Å². The molecule has 0 aliphatic heterocycles. The van der Waals surface area contributed by atoms with Gasteiger partial charge in [-0.1, -0.05) is 29.8 Å². The largest absolute Gasteiger partial charge is 0.398 e. The van der Waals surface area contributed by atoms with Gasteiger partial charge in [-0.05, 0) is 25.3 Å². The van der Waals surface area contributed by atoms with E-state index in [0.717, 1.165) is 5.56 Å². The van der Waals surface area contributed by atoms with E-state index in [1.165, 1.54) is 0 Å². The van der Waals surface area contributed by atoms with Crippen LogP contribution in [0.5, 0.6) is 0 Å². The summed E-state index contributed by atoms with van der Waals surface area (Å²) in [5, 5.41) is 0. The smallest absolute Gasteiger partial charge is 0.170 e. The van der Waals surface area contributed by atoms with Crippen LogP contribution < -0.4 is 0 Å². The first kappa shape index (κ1) is 9.56. The SMILES string of the molecule is Cc1cccc(C2(C(F)(F)F)CC2)c1. The summed E-state index contributed by atoms with van der Waals surface area (Å²) < 4.78 is 38.1. The van der Waals surface area contributed by atoms with Crippen molar-refractivity contribution in [1.82, 2.24) is 0 Å². The van der Waals surface area contributed by atoms with Crippen molar-refractivity contribution in [2.45, 2.75) is 31.4 Å². The van der Waals surface area contributed by atoms with E-state index in [2.05, 4.69) is 0 Å². The molecule has 0 amide bonds. The van der Waals surface area contributed by atoms with Crippen molar-refractivity contribution in [2.75, 3.05) is 0 Å². The number of aryl methyl sites for hydroxylation is 1. The van der Waals surface area contributed by atoms with Gasteiger partial charge in [0, 0.05) is 0 Å². The van der Waals surface area contributed by atoms with E-state index in [1.54, 1.807) is 18.2 Å². The van der Waals surface area contributed by atoms with Gasteiger partial charge in [0.15, 0.2) is 0 Å². The van der Waals surface area contributed by atoms with Crippen molar-refractivity contribution in [1.29, 1.82) is 0 Å². The molecule has 1 aliphatic carbocycles. The summed E-state index contributed by atoms with van der Waals surface area (Å²) in [6, 6.07) is 6.72. The van der Waals surface area contributed by atoms with Crippen molar-refractivity contribution in [3.63, 3.8) is 0 Å². The Bertz CT molecular complexity index is 348. The number of halogens is 3. The summed E-state index contributed by atoms with van der Waals surface area (Å²) in [6.07, 6.45) is -3.62. The Morgan fingerprint density at radius 2 is 1.86 bits per heavy atom. The van der Waals surface area contributed by atoms with Crippen LogP contribution in [-0.2, 0) is 5.41 Å². The van der Waals surface area contributed by atoms with Gasteiger partial charge in [-0.15, -0.1) is 0 Å². The van der Waals surface area contributed by atoms with Gasteiger partial charge in [-0.25, -0.2) is 0 Å². The highest BCUT2D eigenvalue weighted by molar-refractivity contribution is 5.36. The Morgan fingerprint density at radius 3 is 2.29 bits per heavy atom. The third-order valence-corrected chi connectivity index (χ3v) is 2.86. The minimum absolute atomic E-state index is 0.236. The Balaban J connectivity index is 2.41. The Labute approximate surface area is 80.7 Å². The molecular formula is C11H11F3. The van der Waals surface area contributed by atoms with E-state index >= 15 is 0 Å².